The zero-order chi connectivity index (χ0) is 23.9. The number of hydrogen-bond acceptors (Lipinski definition) is 7. The van der Waals surface area contributed by atoms with E-state index in [1.165, 1.54) is 24.6 Å². The topological polar surface area (TPSA) is 114 Å². The van der Waals surface area contributed by atoms with Gasteiger partial charge in [-0.05, 0) is 50.8 Å². The van der Waals surface area contributed by atoms with Gasteiger partial charge in [-0.3, -0.25) is 4.90 Å². The van der Waals surface area contributed by atoms with Crippen LogP contribution in [0.1, 0.15) is 37.3 Å². The van der Waals surface area contributed by atoms with Crippen molar-refractivity contribution in [1.82, 2.24) is 25.1 Å². The zero-order valence-corrected chi connectivity index (χ0v) is 19.9. The van der Waals surface area contributed by atoms with Gasteiger partial charge in [0.15, 0.2) is 0 Å². The lowest BCUT2D eigenvalue weighted by Crippen LogP contribution is -2.57. The van der Waals surface area contributed by atoms with Crippen molar-refractivity contribution >= 4 is 17.8 Å². The molecule has 0 aliphatic carbocycles. The van der Waals surface area contributed by atoms with Crippen molar-refractivity contribution in [2.45, 2.75) is 38.8 Å². The summed E-state index contributed by atoms with van der Waals surface area (Å²) < 4.78 is 0. The van der Waals surface area contributed by atoms with E-state index in [0.717, 1.165) is 26.1 Å². The number of nitrogens with two attached hydrogens (primary N) is 1. The van der Waals surface area contributed by atoms with Crippen LogP contribution in [0.5, 0.6) is 0 Å². The van der Waals surface area contributed by atoms with Gasteiger partial charge >= 0.3 is 6.03 Å². The maximum absolute atomic E-state index is 12.8. The Bertz CT molecular complexity index is 1000. The molecule has 2 aromatic rings. The number of carbonyl (C=O) groups is 1. The molecule has 2 fully saturated rings. The average molecular weight is 463 g/mol. The Morgan fingerprint density at radius 2 is 1.97 bits per heavy atom. The van der Waals surface area contributed by atoms with Gasteiger partial charge in [0.2, 0.25) is 5.95 Å². The Hall–Kier alpha value is -3.38. The van der Waals surface area contributed by atoms with Crippen LogP contribution in [0.4, 0.5) is 16.6 Å². The number of hydrogen-bond donors (Lipinski definition) is 2. The minimum Gasteiger partial charge on any atom is -0.382 e. The highest BCUT2D eigenvalue weighted by atomic mass is 16.2. The van der Waals surface area contributed by atoms with Gasteiger partial charge in [0.05, 0.1) is 6.20 Å². The third kappa shape index (κ3) is 5.94. The first-order chi connectivity index (χ1) is 16.5. The van der Waals surface area contributed by atoms with Gasteiger partial charge in [-0.25, -0.2) is 9.78 Å². The minimum absolute atomic E-state index is 0.00563. The van der Waals surface area contributed by atoms with Crippen LogP contribution in [-0.2, 0) is 6.54 Å². The number of nitrogen functional groups attached to an aromatic ring is 1. The predicted octanol–water partition coefficient (Wildman–Crippen LogP) is 2.45. The summed E-state index contributed by atoms with van der Waals surface area (Å²) >= 11 is 0. The summed E-state index contributed by atoms with van der Waals surface area (Å²) in [7, 11) is 0. The second kappa shape index (κ2) is 11.2. The van der Waals surface area contributed by atoms with Crippen LogP contribution >= 0.6 is 0 Å². The van der Waals surface area contributed by atoms with Crippen LogP contribution in [0.3, 0.4) is 0 Å². The van der Waals surface area contributed by atoms with Crippen molar-refractivity contribution < 1.29 is 4.79 Å². The largest absolute Gasteiger partial charge is 0.382 e. The molecule has 9 nitrogen and oxygen atoms in total. The van der Waals surface area contributed by atoms with Crippen molar-refractivity contribution in [3.8, 4) is 6.07 Å². The summed E-state index contributed by atoms with van der Waals surface area (Å²) in [6, 6.07) is 12.6. The molecule has 0 spiro atoms. The number of benzene rings is 1. The normalized spacial score (nSPS) is 19.6. The van der Waals surface area contributed by atoms with Gasteiger partial charge in [0, 0.05) is 38.8 Å². The second-order valence-electron chi connectivity index (χ2n) is 9.29. The van der Waals surface area contributed by atoms with Crippen LogP contribution < -0.4 is 16.0 Å². The summed E-state index contributed by atoms with van der Waals surface area (Å²) in [5, 5.41) is 12.1. The lowest BCUT2D eigenvalue weighted by molar-refractivity contribution is 0.162. The highest BCUT2D eigenvalue weighted by Crippen LogP contribution is 2.22. The fraction of sp³-hybridized carbons (Fsp3) is 0.520. The number of anilines is 2. The molecule has 9 heteroatoms. The first-order valence-corrected chi connectivity index (χ1v) is 12.1. The molecular weight excluding hydrogens is 428 g/mol. The monoisotopic (exact) mass is 462 g/mol. The van der Waals surface area contributed by atoms with E-state index in [1.807, 2.05) is 22.8 Å². The van der Waals surface area contributed by atoms with Gasteiger partial charge in [0.25, 0.3) is 0 Å². The van der Waals surface area contributed by atoms with Crippen molar-refractivity contribution in [2.24, 2.45) is 5.92 Å². The van der Waals surface area contributed by atoms with Crippen LogP contribution in [0.2, 0.25) is 0 Å². The van der Waals surface area contributed by atoms with E-state index in [9.17, 15) is 4.79 Å². The molecule has 2 aliphatic heterocycles. The number of carbonyl (C=O) groups excluding carboxylic acids is 1. The summed E-state index contributed by atoms with van der Waals surface area (Å²) in [6.07, 6.45) is 4.85. The zero-order valence-electron chi connectivity index (χ0n) is 19.9. The summed E-state index contributed by atoms with van der Waals surface area (Å²) in [5.41, 5.74) is 7.48. The Kier molecular flexibility index (Phi) is 7.80. The van der Waals surface area contributed by atoms with E-state index < -0.39 is 0 Å². The Labute approximate surface area is 201 Å². The maximum atomic E-state index is 12.8. The lowest BCUT2D eigenvalue weighted by atomic mass is 9.93. The molecule has 0 bridgehead atoms. The number of amides is 2. The number of aromatic nitrogens is 2. The first kappa shape index (κ1) is 23.8. The SMILES string of the molecule is C[C@@H]1CN(c2ncc(C#N)c(N)n2)CCN1C(=O)NCCC1CCN(Cc2ccccc2)CC1. The molecule has 180 valence electrons. The number of piperidine rings is 1. The van der Waals surface area contributed by atoms with Crippen LogP contribution in [0.15, 0.2) is 36.5 Å². The van der Waals surface area contributed by atoms with Gasteiger partial charge in [-0.1, -0.05) is 30.3 Å². The molecule has 2 saturated heterocycles. The average Bonchev–Trinajstić information content (AvgIpc) is 2.85. The molecular formula is C25H34N8O. The summed E-state index contributed by atoms with van der Waals surface area (Å²) in [6.45, 7) is 7.85. The van der Waals surface area contributed by atoms with Gasteiger partial charge in [-0.2, -0.15) is 10.2 Å². The molecule has 34 heavy (non-hydrogen) atoms. The van der Waals surface area contributed by atoms with Crippen LogP contribution in [0.25, 0.3) is 0 Å². The number of urea groups is 1. The Morgan fingerprint density at radius 3 is 2.65 bits per heavy atom. The van der Waals surface area contributed by atoms with E-state index >= 15 is 0 Å². The molecule has 2 amide bonds. The number of piperazine rings is 1. The third-order valence-electron chi connectivity index (χ3n) is 6.88. The highest BCUT2D eigenvalue weighted by Gasteiger charge is 2.29. The first-order valence-electron chi connectivity index (χ1n) is 12.1. The predicted molar refractivity (Wildman–Crippen MR) is 132 cm³/mol. The van der Waals surface area contributed by atoms with Gasteiger partial charge in [0.1, 0.15) is 17.5 Å². The third-order valence-corrected chi connectivity index (χ3v) is 6.88. The molecule has 1 atom stereocenters. The Balaban J connectivity index is 1.17. The molecule has 3 heterocycles. The lowest BCUT2D eigenvalue weighted by Gasteiger charge is -2.39. The van der Waals surface area contributed by atoms with E-state index in [4.69, 9.17) is 11.0 Å². The molecule has 0 unspecified atom stereocenters. The molecule has 1 aromatic heterocycles. The molecule has 4 rings (SSSR count). The standard InChI is InChI=1S/C25H34N8O/c1-19-17-32(24-29-16-22(15-26)23(27)30-24)13-14-33(19)25(34)28-10-7-20-8-11-31(12-9-20)18-21-5-3-2-4-6-21/h2-6,16,19-20H,7-14,17-18H2,1H3,(H,28,34)(H2,27,29,30)/t19-/m1/s1. The fourth-order valence-corrected chi connectivity index (χ4v) is 4.82. The number of rotatable bonds is 6. The molecule has 0 saturated carbocycles. The minimum atomic E-state index is -0.00563. The smallest absolute Gasteiger partial charge is 0.317 e. The van der Waals surface area contributed by atoms with E-state index in [2.05, 4.69) is 50.5 Å². The Morgan fingerprint density at radius 1 is 1.21 bits per heavy atom. The number of nitrogens with one attached hydrogen (secondary N) is 1. The fourth-order valence-electron chi connectivity index (χ4n) is 4.82. The van der Waals surface area contributed by atoms with Crippen molar-refractivity contribution in [3.05, 3.63) is 47.7 Å². The van der Waals surface area contributed by atoms with Crippen molar-refractivity contribution in [3.63, 3.8) is 0 Å². The molecule has 1 aromatic carbocycles. The molecule has 3 N–H and O–H groups in total. The quantitative estimate of drug-likeness (QED) is 0.678. The molecule has 2 aliphatic rings. The number of likely N-dealkylation sites (tertiary alicyclic amines) is 1. The number of nitriles is 1. The van der Waals surface area contributed by atoms with E-state index in [-0.39, 0.29) is 23.5 Å². The second-order valence-corrected chi connectivity index (χ2v) is 9.29. The van der Waals surface area contributed by atoms with Gasteiger partial charge in [-0.15, -0.1) is 0 Å². The van der Waals surface area contributed by atoms with E-state index in [0.29, 0.717) is 38.0 Å². The number of nitrogens with zero attached hydrogens (tertiary/aromatic N) is 6. The highest BCUT2D eigenvalue weighted by molar-refractivity contribution is 5.75. The summed E-state index contributed by atoms with van der Waals surface area (Å²) in [5.74, 6) is 1.36. The van der Waals surface area contributed by atoms with Crippen LogP contribution in [-0.4, -0.2) is 71.1 Å². The van der Waals surface area contributed by atoms with Crippen molar-refractivity contribution in [2.75, 3.05) is 49.9 Å². The van der Waals surface area contributed by atoms with Crippen molar-refractivity contribution in [1.29, 1.82) is 5.26 Å². The van der Waals surface area contributed by atoms with E-state index in [1.54, 1.807) is 0 Å². The summed E-state index contributed by atoms with van der Waals surface area (Å²) in [4.78, 5) is 27.7. The molecule has 0 radical (unpaired) electrons. The van der Waals surface area contributed by atoms with Gasteiger partial charge < -0.3 is 20.9 Å². The maximum Gasteiger partial charge on any atom is 0.317 e. The van der Waals surface area contributed by atoms with Crippen LogP contribution in [0, 0.1) is 17.2 Å².